The van der Waals surface area contributed by atoms with Crippen LogP contribution < -0.4 is 26.5 Å². The standard InChI is InChI=1S/C30H29N9O7S3/c1-30(2,28(44)45)46-36-20(18-13-49-29(33)34-18)24(40)35-21-25(41)39-22(27(42)43)16(12-48-26(21)39)9-37-5-4-19-14(8-37)3-6-38(19)10-17-7-15(11-47-17)23(31)32/h3-8,11,13,21,26H,9-10,12H2,1-2H3,(H7-,31,32,33,34,35,40,42,43,44,45)/t21-,26-/m1/s1. The Bertz CT molecular complexity index is 2100. The van der Waals surface area contributed by atoms with E-state index in [1.54, 1.807) is 0 Å². The lowest BCUT2D eigenvalue weighted by Gasteiger charge is -2.50. The van der Waals surface area contributed by atoms with Crippen LogP contribution in [0.3, 0.4) is 0 Å². The van der Waals surface area contributed by atoms with Gasteiger partial charge in [-0.2, -0.15) is 0 Å². The molecular formula is C30H29N9O7S3. The summed E-state index contributed by atoms with van der Waals surface area (Å²) in [5, 5.41) is 39.3. The van der Waals surface area contributed by atoms with Gasteiger partial charge in [0.1, 0.15) is 22.9 Å². The zero-order valence-corrected chi connectivity index (χ0v) is 28.4. The van der Waals surface area contributed by atoms with Crippen molar-refractivity contribution < 1.29 is 38.8 Å². The van der Waals surface area contributed by atoms with Gasteiger partial charge in [-0.1, -0.05) is 5.16 Å². The molecule has 0 bridgehead atoms. The average molecular weight is 724 g/mol. The molecule has 1 saturated heterocycles. The van der Waals surface area contributed by atoms with Crippen molar-refractivity contribution in [2.24, 2.45) is 10.9 Å². The van der Waals surface area contributed by atoms with Crippen LogP contribution in [0, 0.1) is 5.41 Å². The van der Waals surface area contributed by atoms with Crippen LogP contribution in [-0.4, -0.2) is 77.6 Å². The van der Waals surface area contributed by atoms with E-state index < -0.39 is 46.5 Å². The first-order valence-electron chi connectivity index (χ1n) is 14.5. The molecule has 254 valence electrons. The minimum Gasteiger partial charge on any atom is -0.543 e. The maximum Gasteiger partial charge on any atom is 0.350 e. The molecule has 2 aliphatic rings. The number of aromatic nitrogens is 3. The van der Waals surface area contributed by atoms with Crippen molar-refractivity contribution in [1.29, 1.82) is 5.41 Å². The predicted octanol–water partition coefficient (Wildman–Crippen LogP) is 0.0494. The van der Waals surface area contributed by atoms with Crippen LogP contribution in [0.25, 0.3) is 10.9 Å². The van der Waals surface area contributed by atoms with Crippen LogP contribution in [0.1, 0.15) is 30.0 Å². The van der Waals surface area contributed by atoms with Gasteiger partial charge in [0.05, 0.1) is 29.1 Å². The second-order valence-corrected chi connectivity index (χ2v) is 14.6. The van der Waals surface area contributed by atoms with Gasteiger partial charge in [-0.25, -0.2) is 14.3 Å². The van der Waals surface area contributed by atoms with Crippen molar-refractivity contribution in [2.45, 2.75) is 44.0 Å². The van der Waals surface area contributed by atoms with E-state index >= 15 is 0 Å². The minimum absolute atomic E-state index is 0.0108. The number of anilines is 1. The number of amides is 2. The second kappa shape index (κ2) is 13.0. The fraction of sp³-hybridized carbons (Fsp3) is 0.267. The van der Waals surface area contributed by atoms with Crippen molar-refractivity contribution in [3.05, 3.63) is 75.0 Å². The number of fused-ring (bicyclic) bond motifs is 2. The number of nitrogens with zero attached hydrogens (tertiary/aromatic N) is 5. The number of hydrogen-bond acceptors (Lipinski definition) is 13. The molecule has 19 heteroatoms. The summed E-state index contributed by atoms with van der Waals surface area (Å²) >= 11 is 3.82. The average Bonchev–Trinajstić information content (AvgIpc) is 3.80. The summed E-state index contributed by atoms with van der Waals surface area (Å²) in [5.74, 6) is -4.13. The molecule has 7 N–H and O–H groups in total. The predicted molar refractivity (Wildman–Crippen MR) is 179 cm³/mol. The van der Waals surface area contributed by atoms with Crippen molar-refractivity contribution in [3.8, 4) is 0 Å². The van der Waals surface area contributed by atoms with E-state index in [4.69, 9.17) is 21.7 Å². The monoisotopic (exact) mass is 723 g/mol. The summed E-state index contributed by atoms with van der Waals surface area (Å²) < 4.78 is 3.89. The first-order chi connectivity index (χ1) is 23.2. The smallest absolute Gasteiger partial charge is 0.350 e. The molecule has 2 atom stereocenters. The fourth-order valence-electron chi connectivity index (χ4n) is 5.22. The van der Waals surface area contributed by atoms with Gasteiger partial charge < -0.3 is 41.2 Å². The Morgan fingerprint density at radius 3 is 2.71 bits per heavy atom. The van der Waals surface area contributed by atoms with E-state index in [9.17, 15) is 29.4 Å². The third kappa shape index (κ3) is 6.59. The molecule has 1 fully saturated rings. The summed E-state index contributed by atoms with van der Waals surface area (Å²) in [6.07, 6.45) is 5.66. The fourth-order valence-corrected chi connectivity index (χ4v) is 7.99. The number of thiophene rings is 1. The van der Waals surface area contributed by atoms with E-state index in [0.717, 1.165) is 32.0 Å². The van der Waals surface area contributed by atoms with Gasteiger partial charge >= 0.3 is 5.97 Å². The molecule has 4 aromatic heterocycles. The van der Waals surface area contributed by atoms with Crippen LogP contribution >= 0.6 is 34.4 Å². The van der Waals surface area contributed by atoms with Gasteiger partial charge in [0.2, 0.25) is 5.60 Å². The highest BCUT2D eigenvalue weighted by molar-refractivity contribution is 8.00. The number of thiazole rings is 1. The second-order valence-electron chi connectivity index (χ2n) is 11.6. The molecule has 2 aliphatic heterocycles. The molecule has 0 saturated carbocycles. The molecule has 4 aromatic rings. The van der Waals surface area contributed by atoms with Gasteiger partial charge in [0.15, 0.2) is 29.8 Å². The number of nitrogens with one attached hydrogen (secondary N) is 2. The Labute approximate surface area is 290 Å². The lowest BCUT2D eigenvalue weighted by Crippen LogP contribution is -2.71. The summed E-state index contributed by atoms with van der Waals surface area (Å²) in [4.78, 5) is 61.9. The van der Waals surface area contributed by atoms with E-state index in [1.165, 1.54) is 42.3 Å². The van der Waals surface area contributed by atoms with Gasteiger partial charge in [-0.05, 0) is 26.0 Å². The normalized spacial score (nSPS) is 17.9. The van der Waals surface area contributed by atoms with Crippen LogP contribution in [-0.2, 0) is 37.1 Å². The first kappa shape index (κ1) is 33.6. The lowest BCUT2D eigenvalue weighted by atomic mass is 10.0. The number of hydrogen-bond donors (Lipinski definition) is 5. The number of thioether (sulfide) groups is 1. The lowest BCUT2D eigenvalue weighted by molar-refractivity contribution is -0.687. The molecule has 0 spiro atoms. The Hall–Kier alpha value is -5.27. The third-order valence-electron chi connectivity index (χ3n) is 7.82. The third-order valence-corrected chi connectivity index (χ3v) is 10.8. The number of nitrogens with two attached hydrogens (primary N) is 2. The summed E-state index contributed by atoms with van der Waals surface area (Å²) in [5.41, 5.74) is 11.0. The number of carboxylic acids is 2. The number of carbonyl (C=O) groups is 4. The minimum atomic E-state index is -1.78. The zero-order chi connectivity index (χ0) is 35.2. The molecule has 6 rings (SSSR count). The van der Waals surface area contributed by atoms with E-state index in [0.29, 0.717) is 17.7 Å². The number of carbonyl (C=O) groups excluding carboxylic acids is 3. The van der Waals surface area contributed by atoms with Crippen molar-refractivity contribution in [2.75, 3.05) is 11.5 Å². The zero-order valence-electron chi connectivity index (χ0n) is 25.9. The quantitative estimate of drug-likeness (QED) is 0.0430. The van der Waals surface area contributed by atoms with Gasteiger partial charge in [-0.15, -0.1) is 34.4 Å². The van der Waals surface area contributed by atoms with Crippen LogP contribution in [0.5, 0.6) is 0 Å². The van der Waals surface area contributed by atoms with Gasteiger partial charge in [0, 0.05) is 44.8 Å². The number of β-lactam (4-membered cyclic amide) rings is 1. The molecule has 49 heavy (non-hydrogen) atoms. The van der Waals surface area contributed by atoms with Crippen molar-refractivity contribution in [1.82, 2.24) is 19.8 Å². The summed E-state index contributed by atoms with van der Waals surface area (Å²) in [6.45, 7) is 3.26. The Morgan fingerprint density at radius 1 is 1.29 bits per heavy atom. The molecule has 0 aromatic carbocycles. The SMILES string of the molecule is CC(C)(ON=C(C(=O)N[C@@H]1C(=O)N2C(C(=O)[O-])=C(C[n+]3ccc4c(ccn4Cc4cc(C(=N)N)cs4)c3)CS[C@H]12)c1csc(N)n1)C(=O)O. The highest BCUT2D eigenvalue weighted by Gasteiger charge is 2.53. The van der Waals surface area contributed by atoms with Gasteiger partial charge in [0.25, 0.3) is 11.8 Å². The van der Waals surface area contributed by atoms with Crippen LogP contribution in [0.15, 0.2) is 64.0 Å². The number of aliphatic carboxylic acids is 2. The molecular weight excluding hydrogens is 695 g/mol. The highest BCUT2D eigenvalue weighted by atomic mass is 32.2. The summed E-state index contributed by atoms with van der Waals surface area (Å²) in [7, 11) is 0. The van der Waals surface area contributed by atoms with Crippen molar-refractivity contribution in [3.63, 3.8) is 0 Å². The largest absolute Gasteiger partial charge is 0.543 e. The number of rotatable bonds is 12. The maximum atomic E-state index is 13.3. The van der Waals surface area contributed by atoms with Crippen LogP contribution in [0.2, 0.25) is 0 Å². The van der Waals surface area contributed by atoms with Gasteiger partial charge in [-0.3, -0.25) is 19.9 Å². The molecule has 2 amide bonds. The number of pyridine rings is 1. The first-order valence-corrected chi connectivity index (χ1v) is 17.3. The Kier molecular flexibility index (Phi) is 8.90. The Morgan fingerprint density at radius 2 is 2.06 bits per heavy atom. The number of amidine groups is 1. The molecule has 0 aliphatic carbocycles. The molecule has 6 heterocycles. The maximum absolute atomic E-state index is 13.3. The van der Waals surface area contributed by atoms with E-state index in [-0.39, 0.29) is 34.7 Å². The summed E-state index contributed by atoms with van der Waals surface area (Å²) in [6, 6.07) is 4.64. The molecule has 16 nitrogen and oxygen atoms in total. The van der Waals surface area contributed by atoms with Crippen LogP contribution in [0.4, 0.5) is 5.13 Å². The number of nitrogen functional groups attached to an aromatic ring is 2. The number of oxime groups is 1. The van der Waals surface area contributed by atoms with E-state index in [1.807, 2.05) is 46.7 Å². The highest BCUT2D eigenvalue weighted by Crippen LogP contribution is 2.40. The van der Waals surface area contributed by atoms with E-state index in [2.05, 4.69) is 20.0 Å². The molecule has 0 radical (unpaired) electrons. The Balaban J connectivity index is 1.18. The topological polar surface area (TPSA) is 246 Å². The number of carboxylic acid groups (broad SMARTS) is 2. The van der Waals surface area contributed by atoms with Crippen molar-refractivity contribution >= 4 is 85.8 Å². The molecule has 0 unspecified atom stereocenters.